The molecule has 1 aromatic rings. The molecule has 0 aliphatic rings. The van der Waals surface area contributed by atoms with Gasteiger partial charge in [-0.3, -0.25) is 0 Å². The van der Waals surface area contributed by atoms with Crippen molar-refractivity contribution in [2.24, 2.45) is 0 Å². The molecule has 0 fully saturated rings. The molecule has 1 rings (SSSR count). The number of carbonyl (C=O) groups excluding carboxylic acids is 2. The second-order valence-electron chi connectivity index (χ2n) is 8.39. The molecule has 1 aromatic carbocycles. The Kier molecular flexibility index (Phi) is 12.6. The van der Waals surface area contributed by atoms with Crippen molar-refractivity contribution in [3.63, 3.8) is 0 Å². The predicted octanol–water partition coefficient (Wildman–Crippen LogP) is 6.91. The van der Waals surface area contributed by atoms with E-state index in [9.17, 15) is 9.59 Å². The van der Waals surface area contributed by atoms with Crippen molar-refractivity contribution in [1.82, 2.24) is 0 Å². The number of rotatable bonds is 14. The van der Waals surface area contributed by atoms with E-state index >= 15 is 0 Å². The first kappa shape index (κ1) is 26.0. The van der Waals surface area contributed by atoms with Crippen molar-refractivity contribution in [3.05, 3.63) is 29.3 Å². The Morgan fingerprint density at radius 3 is 1.76 bits per heavy atom. The molecule has 1 N–H and O–H groups in total. The van der Waals surface area contributed by atoms with Crippen LogP contribution in [-0.2, 0) is 12.7 Å². The first-order chi connectivity index (χ1) is 13.8. The fourth-order valence-electron chi connectivity index (χ4n) is 3.80. The molecule has 0 aromatic heterocycles. The van der Waals surface area contributed by atoms with Crippen molar-refractivity contribution in [1.29, 1.82) is 0 Å². The van der Waals surface area contributed by atoms with Crippen molar-refractivity contribution < 1.29 is 12.7 Å². The molecule has 0 heterocycles. The van der Waals surface area contributed by atoms with E-state index in [1.54, 1.807) is 0 Å². The van der Waals surface area contributed by atoms with Crippen LogP contribution in [0, 0.1) is 13.8 Å². The normalized spacial score (nSPS) is 11.3. The predicted molar refractivity (Wildman–Crippen MR) is 125 cm³/mol. The van der Waals surface area contributed by atoms with Gasteiger partial charge in [0.15, 0.2) is 0 Å². The van der Waals surface area contributed by atoms with E-state index < -0.39 is 18.8 Å². The molecule has 0 atom stereocenters. The minimum atomic E-state index is -2.94. The van der Waals surface area contributed by atoms with Crippen LogP contribution < -0.4 is 5.32 Å². The third kappa shape index (κ3) is 10.5. The van der Waals surface area contributed by atoms with E-state index in [1.807, 2.05) is 26.0 Å². The van der Waals surface area contributed by atoms with Gasteiger partial charge in [0, 0.05) is 0 Å². The average Bonchev–Trinajstić information content (AvgIpc) is 2.66. The summed E-state index contributed by atoms with van der Waals surface area (Å²) in [6, 6.07) is 5.97. The third-order valence-corrected chi connectivity index (χ3v) is 18.1. The zero-order valence-corrected chi connectivity index (χ0v) is 22.1. The molecular formula is C24H41NO3Sn. The molecule has 4 nitrogen and oxygen atoms in total. The van der Waals surface area contributed by atoms with Crippen LogP contribution in [0.5, 0.6) is 0 Å². The van der Waals surface area contributed by atoms with E-state index in [4.69, 9.17) is 3.07 Å². The Morgan fingerprint density at radius 1 is 0.828 bits per heavy atom. The van der Waals surface area contributed by atoms with Gasteiger partial charge in [0.05, 0.1) is 0 Å². The van der Waals surface area contributed by atoms with Crippen molar-refractivity contribution in [2.45, 2.75) is 99.3 Å². The van der Waals surface area contributed by atoms with Crippen molar-refractivity contribution in [2.75, 3.05) is 5.32 Å². The van der Waals surface area contributed by atoms with Crippen LogP contribution in [0.25, 0.3) is 0 Å². The summed E-state index contributed by atoms with van der Waals surface area (Å²) in [5.74, 6) is -0.275. The summed E-state index contributed by atoms with van der Waals surface area (Å²) in [4.78, 5) is 25.0. The molecule has 0 radical (unpaired) electrons. The van der Waals surface area contributed by atoms with Crippen LogP contribution in [0.3, 0.4) is 0 Å². The zero-order chi connectivity index (χ0) is 21.7. The van der Waals surface area contributed by atoms with E-state index in [0.29, 0.717) is 0 Å². The van der Waals surface area contributed by atoms with Gasteiger partial charge in [-0.15, -0.1) is 0 Å². The van der Waals surface area contributed by atoms with E-state index in [0.717, 1.165) is 68.6 Å². The molecule has 0 bridgehead atoms. The fourth-order valence-corrected chi connectivity index (χ4v) is 17.0. The molecule has 0 saturated heterocycles. The molecule has 0 unspecified atom stereocenters. The number of aryl methyl sites for hydroxylation is 2. The molecule has 0 aliphatic heterocycles. The second kappa shape index (κ2) is 14.0. The van der Waals surface area contributed by atoms with Gasteiger partial charge in [0.1, 0.15) is 0 Å². The van der Waals surface area contributed by atoms with Crippen LogP contribution in [0.1, 0.15) is 83.3 Å². The molecule has 0 saturated carbocycles. The third-order valence-electron chi connectivity index (χ3n) is 5.35. The number of hydrogen-bond acceptors (Lipinski definition) is 3. The van der Waals surface area contributed by atoms with Crippen molar-refractivity contribution >= 4 is 36.4 Å². The first-order valence-corrected chi connectivity index (χ1v) is 18.7. The summed E-state index contributed by atoms with van der Waals surface area (Å²) in [6.45, 7) is 10.6. The standard InChI is InChI=1S/C12H15NO3.3C4H9.Sn/c1-8-5-9(2)7-10(6-8)13-11(14)3-4-12(15)16;3*1-3-4-2;/h5-7H,3-4H2,1-2H3,(H,13,14)(H,15,16);3*1,3-4H2,2H3;/q;;;;+1/p-1. The number of carbonyl (C=O) groups is 2. The monoisotopic (exact) mass is 511 g/mol. The number of nitrogens with one attached hydrogen (secondary N) is 1. The SMILES string of the molecule is CCC[CH2][Sn]([CH2]CCC)([CH2]CCC)[O]C(=O)CCC(=O)Nc1cc(C)cc(C)c1. The Balaban J connectivity index is 2.66. The molecule has 29 heavy (non-hydrogen) atoms. The minimum absolute atomic E-state index is 0.122. The second-order valence-corrected chi connectivity index (χ2v) is 20.0. The van der Waals surface area contributed by atoms with Crippen molar-refractivity contribution in [3.8, 4) is 0 Å². The Labute approximate surface area is 182 Å². The van der Waals surface area contributed by atoms with E-state index in [2.05, 4.69) is 32.2 Å². The number of unbranched alkanes of at least 4 members (excludes halogenated alkanes) is 3. The quantitative estimate of drug-likeness (QED) is 0.277. The summed E-state index contributed by atoms with van der Waals surface area (Å²) in [7, 11) is 0. The van der Waals surface area contributed by atoms with Gasteiger partial charge in [-0.05, 0) is 0 Å². The van der Waals surface area contributed by atoms with Gasteiger partial charge in [-0.1, -0.05) is 0 Å². The molecule has 164 valence electrons. The molecule has 0 aliphatic carbocycles. The van der Waals surface area contributed by atoms with Crippen LogP contribution in [-0.4, -0.2) is 30.7 Å². The topological polar surface area (TPSA) is 55.4 Å². The van der Waals surface area contributed by atoms with Crippen LogP contribution >= 0.6 is 0 Å². The summed E-state index contributed by atoms with van der Waals surface area (Å²) >= 11 is -2.94. The molecule has 1 amide bonds. The van der Waals surface area contributed by atoms with Crippen LogP contribution in [0.4, 0.5) is 5.69 Å². The summed E-state index contributed by atoms with van der Waals surface area (Å²) < 4.78 is 9.67. The first-order valence-electron chi connectivity index (χ1n) is 11.4. The van der Waals surface area contributed by atoms with Gasteiger partial charge < -0.3 is 0 Å². The molecule has 5 heteroatoms. The fraction of sp³-hybridized carbons (Fsp3) is 0.667. The van der Waals surface area contributed by atoms with E-state index in [1.165, 1.54) is 0 Å². The Bertz CT molecular complexity index is 603. The Morgan fingerprint density at radius 2 is 1.31 bits per heavy atom. The van der Waals surface area contributed by atoms with Crippen LogP contribution in [0.15, 0.2) is 18.2 Å². The van der Waals surface area contributed by atoms with Gasteiger partial charge in [0.25, 0.3) is 0 Å². The number of hydrogen-bond donors (Lipinski definition) is 1. The number of anilines is 1. The Hall–Kier alpha value is -1.04. The molecular weight excluding hydrogens is 469 g/mol. The maximum atomic E-state index is 12.7. The maximum absolute atomic E-state index is 12.7. The summed E-state index contributed by atoms with van der Waals surface area (Å²) in [6.07, 6.45) is 7.27. The van der Waals surface area contributed by atoms with Gasteiger partial charge in [0.2, 0.25) is 0 Å². The average molecular weight is 510 g/mol. The van der Waals surface area contributed by atoms with Gasteiger partial charge in [-0.25, -0.2) is 0 Å². The van der Waals surface area contributed by atoms with Crippen LogP contribution in [0.2, 0.25) is 13.3 Å². The number of benzene rings is 1. The summed E-state index contributed by atoms with van der Waals surface area (Å²) in [5.41, 5.74) is 3.02. The van der Waals surface area contributed by atoms with Gasteiger partial charge in [-0.2, -0.15) is 0 Å². The molecule has 0 spiro atoms. The zero-order valence-electron chi connectivity index (χ0n) is 19.2. The van der Waals surface area contributed by atoms with E-state index in [-0.39, 0.29) is 24.7 Å². The summed E-state index contributed by atoms with van der Waals surface area (Å²) in [5, 5.41) is 2.92. The number of amides is 1. The van der Waals surface area contributed by atoms with Gasteiger partial charge >= 0.3 is 183 Å².